The van der Waals surface area contributed by atoms with Crippen LogP contribution in [0.4, 0.5) is 0 Å². The van der Waals surface area contributed by atoms with Crippen molar-refractivity contribution in [1.29, 1.82) is 0 Å². The predicted molar refractivity (Wildman–Crippen MR) is 85.1 cm³/mol. The number of aliphatic hydroxyl groups is 1. The Labute approximate surface area is 126 Å². The molecule has 2 aromatic carbocycles. The summed E-state index contributed by atoms with van der Waals surface area (Å²) in [6.07, 6.45) is 0.732. The van der Waals surface area contributed by atoms with Gasteiger partial charge in [0.05, 0.1) is 12.1 Å². The van der Waals surface area contributed by atoms with E-state index >= 15 is 0 Å². The molecular formula is C19H21NO. The third kappa shape index (κ3) is 2.02. The van der Waals surface area contributed by atoms with E-state index in [2.05, 4.69) is 60.4 Å². The first-order valence-electron chi connectivity index (χ1n) is 7.86. The molecule has 2 aliphatic rings. The van der Waals surface area contributed by atoms with Crippen molar-refractivity contribution in [3.05, 3.63) is 59.7 Å². The maximum atomic E-state index is 10.0. The summed E-state index contributed by atoms with van der Waals surface area (Å²) in [7, 11) is 0. The van der Waals surface area contributed by atoms with Gasteiger partial charge in [-0.15, -0.1) is 0 Å². The standard InChI is InChI=1S/C19H21NO/c1-13-12-20(11-10-18(13)21)19-16-8-4-2-6-14(16)15-7-3-5-9-17(15)19/h2-9,13,18-19,21H,10-12H2,1H3. The molecule has 108 valence electrons. The summed E-state index contributed by atoms with van der Waals surface area (Å²) < 4.78 is 0. The first-order valence-corrected chi connectivity index (χ1v) is 7.86. The fourth-order valence-corrected chi connectivity index (χ4v) is 3.92. The Hall–Kier alpha value is -1.64. The maximum absolute atomic E-state index is 10.0. The van der Waals surface area contributed by atoms with Gasteiger partial charge in [-0.3, -0.25) is 4.90 Å². The Bertz CT molecular complexity index is 621. The molecule has 2 nitrogen and oxygen atoms in total. The molecule has 2 heteroatoms. The minimum Gasteiger partial charge on any atom is -0.393 e. The van der Waals surface area contributed by atoms with Crippen molar-refractivity contribution < 1.29 is 5.11 Å². The van der Waals surface area contributed by atoms with Crippen molar-refractivity contribution in [3.8, 4) is 11.1 Å². The van der Waals surface area contributed by atoms with E-state index in [9.17, 15) is 5.11 Å². The minimum absolute atomic E-state index is 0.145. The predicted octanol–water partition coefficient (Wildman–Crippen LogP) is 3.46. The highest BCUT2D eigenvalue weighted by molar-refractivity contribution is 5.78. The summed E-state index contributed by atoms with van der Waals surface area (Å²) >= 11 is 0. The number of rotatable bonds is 1. The van der Waals surface area contributed by atoms with Gasteiger partial charge < -0.3 is 5.11 Å². The van der Waals surface area contributed by atoms with Crippen LogP contribution in [0.1, 0.15) is 30.5 Å². The van der Waals surface area contributed by atoms with Gasteiger partial charge in [-0.25, -0.2) is 0 Å². The lowest BCUT2D eigenvalue weighted by Gasteiger charge is -2.38. The van der Waals surface area contributed by atoms with Gasteiger partial charge in [0, 0.05) is 13.1 Å². The maximum Gasteiger partial charge on any atom is 0.0614 e. The molecular weight excluding hydrogens is 258 g/mol. The quantitative estimate of drug-likeness (QED) is 0.864. The van der Waals surface area contributed by atoms with E-state index in [0.29, 0.717) is 12.0 Å². The molecule has 2 unspecified atom stereocenters. The summed E-state index contributed by atoms with van der Waals surface area (Å²) in [5.74, 6) is 0.346. The average Bonchev–Trinajstić information content (AvgIpc) is 2.85. The summed E-state index contributed by atoms with van der Waals surface area (Å²) in [5, 5.41) is 10.0. The van der Waals surface area contributed by atoms with E-state index < -0.39 is 0 Å². The first-order chi connectivity index (χ1) is 10.3. The molecule has 1 heterocycles. The molecule has 0 bridgehead atoms. The van der Waals surface area contributed by atoms with Crippen molar-refractivity contribution in [1.82, 2.24) is 4.90 Å². The van der Waals surface area contributed by atoms with E-state index in [4.69, 9.17) is 0 Å². The zero-order valence-corrected chi connectivity index (χ0v) is 12.4. The highest BCUT2D eigenvalue weighted by Gasteiger charge is 2.36. The summed E-state index contributed by atoms with van der Waals surface area (Å²) in [4.78, 5) is 2.54. The molecule has 0 radical (unpaired) electrons. The Morgan fingerprint density at radius 3 is 2.10 bits per heavy atom. The number of nitrogens with zero attached hydrogens (tertiary/aromatic N) is 1. The fraction of sp³-hybridized carbons (Fsp3) is 0.368. The number of fused-ring (bicyclic) bond motifs is 3. The van der Waals surface area contributed by atoms with Crippen molar-refractivity contribution in [2.75, 3.05) is 13.1 Å². The van der Waals surface area contributed by atoms with Crippen LogP contribution in [-0.4, -0.2) is 29.2 Å². The van der Waals surface area contributed by atoms with Gasteiger partial charge in [0.2, 0.25) is 0 Å². The van der Waals surface area contributed by atoms with Crippen LogP contribution in [0.25, 0.3) is 11.1 Å². The molecule has 4 rings (SSSR count). The molecule has 1 N–H and O–H groups in total. The van der Waals surface area contributed by atoms with Crippen molar-refractivity contribution in [2.45, 2.75) is 25.5 Å². The number of likely N-dealkylation sites (tertiary alicyclic amines) is 1. The second-order valence-corrected chi connectivity index (χ2v) is 6.41. The summed E-state index contributed by atoms with van der Waals surface area (Å²) in [6.45, 7) is 4.09. The fourth-order valence-electron chi connectivity index (χ4n) is 3.92. The molecule has 21 heavy (non-hydrogen) atoms. The van der Waals surface area contributed by atoms with Crippen LogP contribution >= 0.6 is 0 Å². The second-order valence-electron chi connectivity index (χ2n) is 6.41. The normalized spacial score (nSPS) is 25.6. The van der Waals surface area contributed by atoms with Gasteiger partial charge in [-0.1, -0.05) is 55.5 Å². The van der Waals surface area contributed by atoms with E-state index in [-0.39, 0.29) is 6.10 Å². The Kier molecular flexibility index (Phi) is 3.09. The lowest BCUT2D eigenvalue weighted by Crippen LogP contribution is -2.43. The van der Waals surface area contributed by atoms with Crippen LogP contribution in [0.2, 0.25) is 0 Å². The lowest BCUT2D eigenvalue weighted by molar-refractivity contribution is 0.0240. The van der Waals surface area contributed by atoms with Gasteiger partial charge in [-0.2, -0.15) is 0 Å². The molecule has 0 amide bonds. The van der Waals surface area contributed by atoms with Crippen molar-refractivity contribution >= 4 is 0 Å². The number of benzene rings is 2. The molecule has 1 aliphatic heterocycles. The second kappa shape index (κ2) is 4.97. The number of aliphatic hydroxyl groups excluding tert-OH is 1. The Balaban J connectivity index is 1.78. The molecule has 1 aliphatic carbocycles. The van der Waals surface area contributed by atoms with Gasteiger partial charge in [-0.05, 0) is 34.6 Å². The number of hydrogen-bond acceptors (Lipinski definition) is 2. The van der Waals surface area contributed by atoms with E-state index in [1.165, 1.54) is 22.3 Å². The molecule has 1 fully saturated rings. The van der Waals surface area contributed by atoms with Crippen molar-refractivity contribution in [2.24, 2.45) is 5.92 Å². The highest BCUT2D eigenvalue weighted by Crippen LogP contribution is 2.46. The smallest absolute Gasteiger partial charge is 0.0614 e. The Morgan fingerprint density at radius 2 is 1.52 bits per heavy atom. The number of piperidine rings is 1. The van der Waals surface area contributed by atoms with E-state index in [0.717, 1.165) is 19.5 Å². The van der Waals surface area contributed by atoms with Gasteiger partial charge in [0.1, 0.15) is 0 Å². The average molecular weight is 279 g/mol. The Morgan fingerprint density at radius 1 is 0.952 bits per heavy atom. The summed E-state index contributed by atoms with van der Waals surface area (Å²) in [5.41, 5.74) is 5.58. The van der Waals surface area contributed by atoms with E-state index in [1.807, 2.05) is 0 Å². The van der Waals surface area contributed by atoms with Crippen LogP contribution in [0, 0.1) is 5.92 Å². The van der Waals surface area contributed by atoms with Crippen LogP contribution in [0.15, 0.2) is 48.5 Å². The van der Waals surface area contributed by atoms with Crippen LogP contribution in [-0.2, 0) is 0 Å². The lowest BCUT2D eigenvalue weighted by atomic mass is 9.93. The summed E-state index contributed by atoms with van der Waals surface area (Å²) in [6, 6.07) is 17.9. The topological polar surface area (TPSA) is 23.5 Å². The van der Waals surface area contributed by atoms with Gasteiger partial charge in [0.15, 0.2) is 0 Å². The van der Waals surface area contributed by atoms with Crippen LogP contribution in [0.3, 0.4) is 0 Å². The molecule has 0 saturated carbocycles. The van der Waals surface area contributed by atoms with Gasteiger partial charge >= 0.3 is 0 Å². The number of hydrogen-bond donors (Lipinski definition) is 1. The van der Waals surface area contributed by atoms with Gasteiger partial charge in [0.25, 0.3) is 0 Å². The zero-order valence-electron chi connectivity index (χ0n) is 12.4. The van der Waals surface area contributed by atoms with E-state index in [1.54, 1.807) is 0 Å². The zero-order chi connectivity index (χ0) is 14.4. The van der Waals surface area contributed by atoms with Crippen molar-refractivity contribution in [3.63, 3.8) is 0 Å². The third-order valence-electron chi connectivity index (χ3n) is 5.06. The van der Waals surface area contributed by atoms with Crippen LogP contribution < -0.4 is 0 Å². The van der Waals surface area contributed by atoms with Crippen LogP contribution in [0.5, 0.6) is 0 Å². The first kappa shape index (κ1) is 13.1. The molecule has 0 spiro atoms. The molecule has 2 aromatic rings. The molecule has 1 saturated heterocycles. The highest BCUT2D eigenvalue weighted by atomic mass is 16.3. The minimum atomic E-state index is -0.145. The molecule has 0 aromatic heterocycles. The third-order valence-corrected chi connectivity index (χ3v) is 5.06. The molecule has 2 atom stereocenters. The SMILES string of the molecule is CC1CN(C2c3ccccc3-c3ccccc32)CCC1O. The monoisotopic (exact) mass is 279 g/mol. The largest absolute Gasteiger partial charge is 0.393 e.